The lowest BCUT2D eigenvalue weighted by molar-refractivity contribution is 0.459. The van der Waals surface area contributed by atoms with Gasteiger partial charge in [0.15, 0.2) is 0 Å². The number of aromatic amines is 1. The molecule has 0 aliphatic heterocycles. The molecule has 3 aromatic rings. The second kappa shape index (κ2) is 6.86. The third kappa shape index (κ3) is 3.04. The largest absolute Gasteiger partial charge is 0.326 e. The van der Waals surface area contributed by atoms with E-state index in [0.717, 1.165) is 36.1 Å². The maximum Gasteiger partial charge on any atom is 0.251 e. The number of hydrogen-bond donors (Lipinski definition) is 2. The Bertz CT molecular complexity index is 976. The molecule has 0 bridgehead atoms. The van der Waals surface area contributed by atoms with Crippen molar-refractivity contribution < 1.29 is 0 Å². The van der Waals surface area contributed by atoms with Gasteiger partial charge in [0.1, 0.15) is 0 Å². The van der Waals surface area contributed by atoms with Gasteiger partial charge in [-0.3, -0.25) is 4.79 Å². The third-order valence-electron chi connectivity index (χ3n) is 5.51. The molecule has 1 aliphatic carbocycles. The molecule has 0 amide bonds. The number of nitrogens with one attached hydrogen (secondary N) is 1. The van der Waals surface area contributed by atoms with Crippen molar-refractivity contribution in [2.24, 2.45) is 11.7 Å². The van der Waals surface area contributed by atoms with Gasteiger partial charge in [-0.1, -0.05) is 31.2 Å². The Kier molecular flexibility index (Phi) is 4.55. The smallest absolute Gasteiger partial charge is 0.251 e. The summed E-state index contributed by atoms with van der Waals surface area (Å²) >= 11 is 1.75. The van der Waals surface area contributed by atoms with Crippen LogP contribution in [-0.2, 0) is 19.3 Å². The molecule has 4 heteroatoms. The Morgan fingerprint density at radius 3 is 2.54 bits per heavy atom. The van der Waals surface area contributed by atoms with Gasteiger partial charge in [-0.25, -0.2) is 0 Å². The van der Waals surface area contributed by atoms with Crippen LogP contribution in [0.4, 0.5) is 0 Å². The zero-order chi connectivity index (χ0) is 18.3. The Labute approximate surface area is 157 Å². The van der Waals surface area contributed by atoms with Gasteiger partial charge in [-0.15, -0.1) is 11.3 Å². The molecule has 2 heterocycles. The van der Waals surface area contributed by atoms with Gasteiger partial charge >= 0.3 is 0 Å². The number of fused-ring (bicyclic) bond motifs is 1. The molecule has 0 saturated heterocycles. The molecule has 3 nitrogen and oxygen atoms in total. The van der Waals surface area contributed by atoms with Crippen LogP contribution in [0.3, 0.4) is 0 Å². The van der Waals surface area contributed by atoms with Gasteiger partial charge in [-0.2, -0.15) is 0 Å². The number of nitrogens with two attached hydrogens (primary N) is 1. The summed E-state index contributed by atoms with van der Waals surface area (Å²) in [4.78, 5) is 17.4. The maximum absolute atomic E-state index is 12.0. The van der Waals surface area contributed by atoms with E-state index in [0.29, 0.717) is 5.92 Å². The summed E-state index contributed by atoms with van der Waals surface area (Å²) in [6.07, 6.45) is 2.85. The predicted octanol–water partition coefficient (Wildman–Crippen LogP) is 4.39. The summed E-state index contributed by atoms with van der Waals surface area (Å²) in [5, 5.41) is 0. The molecule has 1 aromatic carbocycles. The first kappa shape index (κ1) is 17.3. The highest BCUT2D eigenvalue weighted by atomic mass is 32.1. The average Bonchev–Trinajstić information content (AvgIpc) is 3.28. The van der Waals surface area contributed by atoms with Gasteiger partial charge in [0.05, 0.1) is 0 Å². The molecule has 134 valence electrons. The highest BCUT2D eigenvalue weighted by Gasteiger charge is 2.28. The number of H-pyrrole nitrogens is 1. The van der Waals surface area contributed by atoms with Gasteiger partial charge in [0.2, 0.25) is 0 Å². The fourth-order valence-electron chi connectivity index (χ4n) is 3.94. The quantitative estimate of drug-likeness (QED) is 0.721. The lowest BCUT2D eigenvalue weighted by Gasteiger charge is -2.17. The molecule has 1 unspecified atom stereocenters. The van der Waals surface area contributed by atoms with Crippen LogP contribution in [0.15, 0.2) is 47.3 Å². The molecule has 0 saturated carbocycles. The minimum absolute atomic E-state index is 0.0194. The number of rotatable bonds is 4. The number of aromatic nitrogens is 1. The molecular weight excluding hydrogens is 340 g/mol. The minimum atomic E-state index is 0.0194. The Balaban J connectivity index is 1.60. The van der Waals surface area contributed by atoms with Crippen molar-refractivity contribution in [2.75, 3.05) is 0 Å². The molecule has 3 N–H and O–H groups in total. The fourth-order valence-corrected chi connectivity index (χ4v) is 5.12. The van der Waals surface area contributed by atoms with Crippen LogP contribution in [0.1, 0.15) is 40.2 Å². The first-order valence-corrected chi connectivity index (χ1v) is 10.0. The number of pyridine rings is 1. The molecule has 1 atom stereocenters. The minimum Gasteiger partial charge on any atom is -0.326 e. The zero-order valence-corrected chi connectivity index (χ0v) is 16.0. The van der Waals surface area contributed by atoms with E-state index < -0.39 is 0 Å². The number of benzene rings is 1. The first-order valence-electron chi connectivity index (χ1n) is 9.22. The average molecular weight is 365 g/mol. The van der Waals surface area contributed by atoms with Crippen molar-refractivity contribution in [3.8, 4) is 10.4 Å². The van der Waals surface area contributed by atoms with E-state index in [4.69, 9.17) is 5.73 Å². The number of aryl methyl sites for hydroxylation is 2. The van der Waals surface area contributed by atoms with Crippen molar-refractivity contribution in [1.82, 2.24) is 4.98 Å². The molecular formula is C22H24N2OS. The maximum atomic E-state index is 12.0. The van der Waals surface area contributed by atoms with Crippen molar-refractivity contribution in [3.63, 3.8) is 0 Å². The first-order chi connectivity index (χ1) is 12.6. The monoisotopic (exact) mass is 364 g/mol. The highest BCUT2D eigenvalue weighted by molar-refractivity contribution is 7.15. The fraction of sp³-hybridized carbons (Fsp3) is 0.318. The Morgan fingerprint density at radius 1 is 1.19 bits per heavy atom. The van der Waals surface area contributed by atoms with E-state index in [1.54, 1.807) is 11.3 Å². The lowest BCUT2D eigenvalue weighted by Crippen LogP contribution is -2.20. The van der Waals surface area contributed by atoms with Gasteiger partial charge < -0.3 is 10.7 Å². The summed E-state index contributed by atoms with van der Waals surface area (Å²) in [6.45, 7) is 3.97. The topological polar surface area (TPSA) is 58.9 Å². The van der Waals surface area contributed by atoms with Crippen molar-refractivity contribution >= 4 is 11.3 Å². The van der Waals surface area contributed by atoms with E-state index in [2.05, 4.69) is 41.4 Å². The Morgan fingerprint density at radius 2 is 1.88 bits per heavy atom. The molecule has 0 fully saturated rings. The summed E-state index contributed by atoms with van der Waals surface area (Å²) in [5.74, 6) is 0.460. The van der Waals surface area contributed by atoms with Crippen LogP contribution in [0.25, 0.3) is 10.4 Å². The SMILES string of the molecule is CCc1cc(-c2ccc(C(N)C3Cc4ccccc4C3)s2)c(C)[nH]c1=O. The van der Waals surface area contributed by atoms with E-state index in [9.17, 15) is 4.79 Å². The van der Waals surface area contributed by atoms with Gasteiger partial charge in [-0.05, 0) is 61.4 Å². The van der Waals surface area contributed by atoms with Crippen LogP contribution in [0.2, 0.25) is 0 Å². The zero-order valence-electron chi connectivity index (χ0n) is 15.2. The molecule has 26 heavy (non-hydrogen) atoms. The third-order valence-corrected chi connectivity index (χ3v) is 6.73. The molecule has 0 spiro atoms. The van der Waals surface area contributed by atoms with E-state index in [-0.39, 0.29) is 11.6 Å². The van der Waals surface area contributed by atoms with Crippen LogP contribution < -0.4 is 11.3 Å². The van der Waals surface area contributed by atoms with Crippen molar-refractivity contribution in [2.45, 2.75) is 39.2 Å². The van der Waals surface area contributed by atoms with E-state index >= 15 is 0 Å². The van der Waals surface area contributed by atoms with E-state index in [1.807, 2.05) is 19.9 Å². The molecule has 4 rings (SSSR count). The standard InChI is InChI=1S/C22H24N2OS/c1-3-14-12-18(13(2)24-22(14)25)19-8-9-20(26-19)21(23)17-10-15-6-4-5-7-16(15)11-17/h4-9,12,17,21H,3,10-11,23H2,1-2H3,(H,24,25). The van der Waals surface area contributed by atoms with Gasteiger partial charge in [0.25, 0.3) is 5.56 Å². The number of thiophene rings is 1. The van der Waals surface area contributed by atoms with Crippen molar-refractivity contribution in [1.29, 1.82) is 0 Å². The van der Waals surface area contributed by atoms with E-state index in [1.165, 1.54) is 20.9 Å². The summed E-state index contributed by atoms with van der Waals surface area (Å²) in [5.41, 5.74) is 12.4. The van der Waals surface area contributed by atoms with Crippen LogP contribution in [0.5, 0.6) is 0 Å². The second-order valence-electron chi connectivity index (χ2n) is 7.18. The lowest BCUT2D eigenvalue weighted by atomic mass is 9.96. The predicted molar refractivity (Wildman–Crippen MR) is 109 cm³/mol. The summed E-state index contributed by atoms with van der Waals surface area (Å²) in [7, 11) is 0. The van der Waals surface area contributed by atoms with Gasteiger partial charge in [0, 0.05) is 32.6 Å². The van der Waals surface area contributed by atoms with Crippen LogP contribution in [0, 0.1) is 12.8 Å². The Hall–Kier alpha value is -2.17. The van der Waals surface area contributed by atoms with Crippen molar-refractivity contribution in [3.05, 3.63) is 80.1 Å². The molecule has 0 radical (unpaired) electrons. The highest BCUT2D eigenvalue weighted by Crippen LogP contribution is 2.38. The van der Waals surface area contributed by atoms with Crippen LogP contribution >= 0.6 is 11.3 Å². The normalized spacial score (nSPS) is 15.2. The second-order valence-corrected chi connectivity index (χ2v) is 8.30. The molecule has 2 aromatic heterocycles. The molecule has 1 aliphatic rings. The summed E-state index contributed by atoms with van der Waals surface area (Å²) in [6, 6.07) is 15.0. The summed E-state index contributed by atoms with van der Waals surface area (Å²) < 4.78 is 0. The van der Waals surface area contributed by atoms with Crippen LogP contribution in [-0.4, -0.2) is 4.98 Å². The number of hydrogen-bond acceptors (Lipinski definition) is 3.